The van der Waals surface area contributed by atoms with Crippen molar-refractivity contribution in [2.24, 2.45) is 4.99 Å². The zero-order valence-corrected chi connectivity index (χ0v) is 17.3. The molecule has 0 aliphatic heterocycles. The van der Waals surface area contributed by atoms with E-state index in [1.807, 2.05) is 47.0 Å². The molecule has 1 heterocycles. The lowest BCUT2D eigenvalue weighted by Gasteiger charge is -2.05. The SMILES string of the molecule is C=CCn1c(=NC(=O)c2cccc(SC(C)C)c2)sc2cc(OC)ccc21. The summed E-state index contributed by atoms with van der Waals surface area (Å²) >= 11 is 3.21. The molecule has 0 radical (unpaired) electrons. The van der Waals surface area contributed by atoms with E-state index in [0.717, 1.165) is 20.9 Å². The lowest BCUT2D eigenvalue weighted by atomic mass is 10.2. The summed E-state index contributed by atoms with van der Waals surface area (Å²) in [6.45, 7) is 8.67. The molecule has 0 aliphatic rings. The summed E-state index contributed by atoms with van der Waals surface area (Å²) in [5.41, 5.74) is 1.61. The van der Waals surface area contributed by atoms with E-state index in [1.165, 1.54) is 11.3 Å². The number of aromatic nitrogens is 1. The van der Waals surface area contributed by atoms with Gasteiger partial charge in [0.1, 0.15) is 5.75 Å². The first kappa shape index (κ1) is 19.5. The number of benzene rings is 2. The molecule has 140 valence electrons. The number of hydrogen-bond donors (Lipinski definition) is 0. The molecule has 0 N–H and O–H groups in total. The summed E-state index contributed by atoms with van der Waals surface area (Å²) in [6.07, 6.45) is 1.81. The fourth-order valence-corrected chi connectivity index (χ4v) is 4.66. The van der Waals surface area contributed by atoms with E-state index in [4.69, 9.17) is 4.74 Å². The van der Waals surface area contributed by atoms with Crippen molar-refractivity contribution in [3.63, 3.8) is 0 Å². The number of ether oxygens (including phenoxy) is 1. The number of hydrogen-bond acceptors (Lipinski definition) is 4. The van der Waals surface area contributed by atoms with Gasteiger partial charge in [0.15, 0.2) is 4.80 Å². The topological polar surface area (TPSA) is 43.6 Å². The Morgan fingerprint density at radius 2 is 2.15 bits per heavy atom. The van der Waals surface area contributed by atoms with Crippen molar-refractivity contribution in [1.29, 1.82) is 0 Å². The fourth-order valence-electron chi connectivity index (χ4n) is 2.70. The Bertz CT molecular complexity index is 1050. The molecular weight excluding hydrogens is 376 g/mol. The Kier molecular flexibility index (Phi) is 6.19. The summed E-state index contributed by atoms with van der Waals surface area (Å²) in [5.74, 6) is 0.545. The lowest BCUT2D eigenvalue weighted by Crippen LogP contribution is -2.16. The fraction of sp³-hybridized carbons (Fsp3) is 0.238. The zero-order valence-electron chi connectivity index (χ0n) is 15.6. The van der Waals surface area contributed by atoms with Crippen LogP contribution in [0.25, 0.3) is 10.2 Å². The number of thiazole rings is 1. The van der Waals surface area contributed by atoms with Gasteiger partial charge in [0.05, 0.1) is 17.3 Å². The highest BCUT2D eigenvalue weighted by Gasteiger charge is 2.10. The highest BCUT2D eigenvalue weighted by atomic mass is 32.2. The first-order valence-corrected chi connectivity index (χ1v) is 10.4. The molecule has 0 atom stereocenters. The second-order valence-electron chi connectivity index (χ2n) is 6.23. The number of carbonyl (C=O) groups is 1. The number of carbonyl (C=O) groups excluding carboxylic acids is 1. The third-order valence-electron chi connectivity index (χ3n) is 3.85. The van der Waals surface area contributed by atoms with Crippen LogP contribution in [0.3, 0.4) is 0 Å². The molecule has 3 aromatic rings. The number of nitrogens with zero attached hydrogens (tertiary/aromatic N) is 2. The van der Waals surface area contributed by atoms with Gasteiger partial charge in [-0.1, -0.05) is 37.3 Å². The van der Waals surface area contributed by atoms with Crippen molar-refractivity contribution in [2.45, 2.75) is 30.5 Å². The van der Waals surface area contributed by atoms with Gasteiger partial charge >= 0.3 is 0 Å². The van der Waals surface area contributed by atoms with Crippen LogP contribution in [0.1, 0.15) is 24.2 Å². The van der Waals surface area contributed by atoms with Gasteiger partial charge in [-0.15, -0.1) is 18.3 Å². The number of amides is 1. The molecule has 0 spiro atoms. The monoisotopic (exact) mass is 398 g/mol. The van der Waals surface area contributed by atoms with Crippen LogP contribution in [0, 0.1) is 0 Å². The van der Waals surface area contributed by atoms with Gasteiger partial charge in [-0.3, -0.25) is 4.79 Å². The highest BCUT2D eigenvalue weighted by molar-refractivity contribution is 7.99. The summed E-state index contributed by atoms with van der Waals surface area (Å²) < 4.78 is 8.32. The van der Waals surface area contributed by atoms with Crippen LogP contribution < -0.4 is 9.54 Å². The Morgan fingerprint density at radius 1 is 1.33 bits per heavy atom. The molecule has 0 fully saturated rings. The Labute approximate surface area is 167 Å². The van der Waals surface area contributed by atoms with Gasteiger partial charge in [0, 0.05) is 22.3 Å². The molecule has 0 saturated carbocycles. The maximum absolute atomic E-state index is 12.8. The molecule has 1 aromatic heterocycles. The summed E-state index contributed by atoms with van der Waals surface area (Å²) in [4.78, 5) is 18.9. The molecule has 1 amide bonds. The molecule has 0 unspecified atom stereocenters. The van der Waals surface area contributed by atoms with E-state index in [2.05, 4.69) is 25.4 Å². The molecule has 2 aromatic carbocycles. The van der Waals surface area contributed by atoms with E-state index in [-0.39, 0.29) is 5.91 Å². The largest absolute Gasteiger partial charge is 0.497 e. The van der Waals surface area contributed by atoms with Gasteiger partial charge < -0.3 is 9.30 Å². The second kappa shape index (κ2) is 8.59. The van der Waals surface area contributed by atoms with Gasteiger partial charge in [-0.2, -0.15) is 4.99 Å². The third-order valence-corrected chi connectivity index (χ3v) is 5.89. The quantitative estimate of drug-likeness (QED) is 0.427. The predicted octanol–water partition coefficient (Wildman–Crippen LogP) is 5.14. The van der Waals surface area contributed by atoms with Crippen molar-refractivity contribution < 1.29 is 9.53 Å². The molecule has 27 heavy (non-hydrogen) atoms. The average Bonchev–Trinajstić information content (AvgIpc) is 2.98. The molecule has 0 saturated heterocycles. The third kappa shape index (κ3) is 4.51. The smallest absolute Gasteiger partial charge is 0.279 e. The molecule has 4 nitrogen and oxygen atoms in total. The second-order valence-corrected chi connectivity index (χ2v) is 8.89. The number of thioether (sulfide) groups is 1. The maximum Gasteiger partial charge on any atom is 0.279 e. The van der Waals surface area contributed by atoms with E-state index >= 15 is 0 Å². The normalized spacial score (nSPS) is 11.9. The first-order valence-electron chi connectivity index (χ1n) is 8.66. The van der Waals surface area contributed by atoms with Crippen molar-refractivity contribution in [2.75, 3.05) is 7.11 Å². The highest BCUT2D eigenvalue weighted by Crippen LogP contribution is 2.25. The van der Waals surface area contributed by atoms with Crippen LogP contribution in [-0.4, -0.2) is 22.8 Å². The summed E-state index contributed by atoms with van der Waals surface area (Å²) in [6, 6.07) is 13.5. The maximum atomic E-state index is 12.8. The lowest BCUT2D eigenvalue weighted by molar-refractivity contribution is 0.0997. The minimum Gasteiger partial charge on any atom is -0.497 e. The average molecular weight is 399 g/mol. The molecule has 3 rings (SSSR count). The van der Waals surface area contributed by atoms with Gasteiger partial charge in [-0.25, -0.2) is 0 Å². The molecule has 0 bridgehead atoms. The number of allylic oxidation sites excluding steroid dienone is 1. The van der Waals surface area contributed by atoms with E-state index in [0.29, 0.717) is 22.2 Å². The Hall–Kier alpha value is -2.31. The number of fused-ring (bicyclic) bond motifs is 1. The Morgan fingerprint density at radius 3 is 2.85 bits per heavy atom. The molecule has 6 heteroatoms. The van der Waals surface area contributed by atoms with Crippen LogP contribution >= 0.6 is 23.1 Å². The number of rotatable bonds is 6. The van der Waals surface area contributed by atoms with E-state index in [1.54, 1.807) is 24.9 Å². The van der Waals surface area contributed by atoms with Crippen LogP contribution in [0.4, 0.5) is 0 Å². The first-order chi connectivity index (χ1) is 13.0. The van der Waals surface area contributed by atoms with Crippen molar-refractivity contribution in [3.05, 3.63) is 65.5 Å². The number of methoxy groups -OCH3 is 1. The molecule has 0 aliphatic carbocycles. The van der Waals surface area contributed by atoms with Crippen molar-refractivity contribution in [1.82, 2.24) is 4.57 Å². The minimum absolute atomic E-state index is 0.238. The standard InChI is InChI=1S/C21H22N2O2S2/c1-5-11-23-18-10-9-16(25-4)13-19(18)27-21(23)22-20(24)15-7-6-8-17(12-15)26-14(2)3/h5-10,12-14H,1,11H2,2-4H3. The van der Waals surface area contributed by atoms with Crippen LogP contribution in [0.5, 0.6) is 5.75 Å². The Balaban J connectivity index is 2.05. The van der Waals surface area contributed by atoms with Crippen molar-refractivity contribution in [3.8, 4) is 5.75 Å². The predicted molar refractivity (Wildman–Crippen MR) is 114 cm³/mol. The van der Waals surface area contributed by atoms with Crippen LogP contribution in [0.2, 0.25) is 0 Å². The van der Waals surface area contributed by atoms with Crippen LogP contribution in [0.15, 0.2) is 65.0 Å². The minimum atomic E-state index is -0.238. The van der Waals surface area contributed by atoms with E-state index in [9.17, 15) is 4.79 Å². The summed E-state index contributed by atoms with van der Waals surface area (Å²) in [5, 5.41) is 0.458. The van der Waals surface area contributed by atoms with Gasteiger partial charge in [0.25, 0.3) is 5.91 Å². The zero-order chi connectivity index (χ0) is 19.4. The van der Waals surface area contributed by atoms with Crippen molar-refractivity contribution >= 4 is 39.2 Å². The van der Waals surface area contributed by atoms with Gasteiger partial charge in [-0.05, 0) is 36.4 Å². The van der Waals surface area contributed by atoms with E-state index < -0.39 is 0 Å². The molecular formula is C21H22N2O2S2. The van der Waals surface area contributed by atoms with Crippen LogP contribution in [-0.2, 0) is 6.54 Å². The van der Waals surface area contributed by atoms with Gasteiger partial charge in [0.2, 0.25) is 0 Å². The summed E-state index contributed by atoms with van der Waals surface area (Å²) in [7, 11) is 1.64.